The number of hydrogen-bond acceptors (Lipinski definition) is 7. The van der Waals surface area contributed by atoms with Gasteiger partial charge in [0, 0.05) is 18.7 Å². The number of nitrogens with zero attached hydrogens (tertiary/aromatic N) is 2. The highest BCUT2D eigenvalue weighted by atomic mass is 32.2. The average Bonchev–Trinajstić information content (AvgIpc) is 3.17. The van der Waals surface area contributed by atoms with Crippen molar-refractivity contribution in [3.05, 3.63) is 40.4 Å². The van der Waals surface area contributed by atoms with Crippen LogP contribution >= 0.6 is 0 Å². The molecule has 0 radical (unpaired) electrons. The number of hydrogen-bond donors (Lipinski definition) is 2. The highest BCUT2D eigenvalue weighted by Gasteiger charge is 2.40. The standard InChI is InChI=1S/C18H22N4O6S/c1-11-19-16(10-17(23)20-11)21-18(24)13-5-4-8-22(13)29(25,26)12-6-7-14(27-2)15(9-12)28-3/h6-7,9-10,13H,4-5,8H2,1-3H3,(H2,19,20,21,23,24). The molecule has 1 saturated heterocycles. The van der Waals surface area contributed by atoms with E-state index in [2.05, 4.69) is 15.3 Å². The molecular formula is C18H22N4O6S. The number of aromatic amines is 1. The maximum atomic E-state index is 13.2. The molecule has 0 aliphatic carbocycles. The Labute approximate surface area is 167 Å². The van der Waals surface area contributed by atoms with Gasteiger partial charge in [-0.15, -0.1) is 0 Å². The number of sulfonamides is 1. The summed E-state index contributed by atoms with van der Waals surface area (Å²) in [5.74, 6) is 0.555. The van der Waals surface area contributed by atoms with Crippen molar-refractivity contribution in [3.63, 3.8) is 0 Å². The molecule has 2 aromatic rings. The van der Waals surface area contributed by atoms with Crippen LogP contribution in [0.4, 0.5) is 5.82 Å². The molecule has 1 fully saturated rings. The zero-order chi connectivity index (χ0) is 21.2. The summed E-state index contributed by atoms with van der Waals surface area (Å²) >= 11 is 0. The maximum absolute atomic E-state index is 13.2. The molecule has 1 unspecified atom stereocenters. The molecule has 1 aromatic carbocycles. The van der Waals surface area contributed by atoms with Crippen LogP contribution in [0.1, 0.15) is 18.7 Å². The zero-order valence-electron chi connectivity index (χ0n) is 16.3. The minimum Gasteiger partial charge on any atom is -0.493 e. The Hall–Kier alpha value is -2.92. The first-order valence-corrected chi connectivity index (χ1v) is 10.3. The van der Waals surface area contributed by atoms with Crippen molar-refractivity contribution in [2.75, 3.05) is 26.1 Å². The van der Waals surface area contributed by atoms with Gasteiger partial charge in [-0.25, -0.2) is 13.4 Å². The summed E-state index contributed by atoms with van der Waals surface area (Å²) in [5, 5.41) is 2.54. The normalized spacial score (nSPS) is 17.1. The van der Waals surface area contributed by atoms with Crippen LogP contribution in [0.5, 0.6) is 11.5 Å². The number of benzene rings is 1. The predicted octanol–water partition coefficient (Wildman–Crippen LogP) is 0.887. The Morgan fingerprint density at radius 1 is 1.24 bits per heavy atom. The highest BCUT2D eigenvalue weighted by Crippen LogP contribution is 2.33. The second kappa shape index (κ2) is 8.21. The van der Waals surface area contributed by atoms with Gasteiger partial charge in [-0.3, -0.25) is 9.59 Å². The summed E-state index contributed by atoms with van der Waals surface area (Å²) in [7, 11) is -1.08. The van der Waals surface area contributed by atoms with Gasteiger partial charge in [0.1, 0.15) is 17.7 Å². The number of methoxy groups -OCH3 is 2. The zero-order valence-corrected chi connectivity index (χ0v) is 17.1. The van der Waals surface area contributed by atoms with E-state index in [1.165, 1.54) is 32.4 Å². The summed E-state index contributed by atoms with van der Waals surface area (Å²) in [4.78, 5) is 30.8. The van der Waals surface area contributed by atoms with Gasteiger partial charge in [0.15, 0.2) is 11.5 Å². The van der Waals surface area contributed by atoms with E-state index in [-0.39, 0.29) is 23.0 Å². The smallest absolute Gasteiger partial charge is 0.252 e. The number of carbonyl (C=O) groups is 1. The molecule has 29 heavy (non-hydrogen) atoms. The van der Waals surface area contributed by atoms with Crippen LogP contribution in [-0.4, -0.2) is 55.4 Å². The molecule has 1 aliphatic heterocycles. The third-order valence-corrected chi connectivity index (χ3v) is 6.48. The maximum Gasteiger partial charge on any atom is 0.252 e. The number of rotatable bonds is 6. The second-order valence-corrected chi connectivity index (χ2v) is 8.39. The molecule has 0 bridgehead atoms. The molecule has 1 aliphatic rings. The molecule has 11 heteroatoms. The molecule has 1 atom stereocenters. The predicted molar refractivity (Wildman–Crippen MR) is 105 cm³/mol. The Kier molecular flexibility index (Phi) is 5.89. The number of aryl methyl sites for hydroxylation is 1. The molecule has 2 heterocycles. The SMILES string of the molecule is COc1ccc(S(=O)(=O)N2CCCC2C(=O)Nc2cc(=O)[nH]c(C)n2)cc1OC. The fourth-order valence-electron chi connectivity index (χ4n) is 3.26. The third kappa shape index (κ3) is 4.25. The van der Waals surface area contributed by atoms with Crippen molar-refractivity contribution in [1.29, 1.82) is 0 Å². The topological polar surface area (TPSA) is 131 Å². The van der Waals surface area contributed by atoms with Gasteiger partial charge in [-0.2, -0.15) is 4.31 Å². The number of carbonyl (C=O) groups excluding carboxylic acids is 1. The first-order chi connectivity index (χ1) is 13.8. The number of anilines is 1. The van der Waals surface area contributed by atoms with Crippen molar-refractivity contribution >= 4 is 21.7 Å². The van der Waals surface area contributed by atoms with Crippen LogP contribution in [0.2, 0.25) is 0 Å². The lowest BCUT2D eigenvalue weighted by Gasteiger charge is -2.23. The number of ether oxygens (including phenoxy) is 2. The molecule has 0 spiro atoms. The lowest BCUT2D eigenvalue weighted by molar-refractivity contribution is -0.119. The molecule has 3 rings (SSSR count). The van der Waals surface area contributed by atoms with Gasteiger partial charge < -0.3 is 19.8 Å². The van der Waals surface area contributed by atoms with Crippen LogP contribution in [0.15, 0.2) is 34.0 Å². The van der Waals surface area contributed by atoms with E-state index in [1.54, 1.807) is 6.92 Å². The molecule has 156 valence electrons. The molecule has 10 nitrogen and oxygen atoms in total. The van der Waals surface area contributed by atoms with Crippen molar-refractivity contribution in [2.24, 2.45) is 0 Å². The second-order valence-electron chi connectivity index (χ2n) is 6.50. The molecule has 1 aromatic heterocycles. The van der Waals surface area contributed by atoms with E-state index in [1.807, 2.05) is 0 Å². The average molecular weight is 422 g/mol. The lowest BCUT2D eigenvalue weighted by Crippen LogP contribution is -2.43. The summed E-state index contributed by atoms with van der Waals surface area (Å²) in [5.41, 5.74) is -0.408. The van der Waals surface area contributed by atoms with Crippen LogP contribution in [0.3, 0.4) is 0 Å². The van der Waals surface area contributed by atoms with Crippen LogP contribution < -0.4 is 20.3 Å². The lowest BCUT2D eigenvalue weighted by atomic mass is 10.2. The number of H-pyrrole nitrogens is 1. The van der Waals surface area contributed by atoms with Crippen LogP contribution in [-0.2, 0) is 14.8 Å². The van der Waals surface area contributed by atoms with E-state index in [9.17, 15) is 18.0 Å². The fraction of sp³-hybridized carbons (Fsp3) is 0.389. The molecule has 2 N–H and O–H groups in total. The Morgan fingerprint density at radius 3 is 2.62 bits per heavy atom. The number of aromatic nitrogens is 2. The summed E-state index contributed by atoms with van der Waals surface area (Å²) in [6, 6.07) is 4.51. The summed E-state index contributed by atoms with van der Waals surface area (Å²) in [6.45, 7) is 1.79. The number of amides is 1. The minimum atomic E-state index is -3.95. The highest BCUT2D eigenvalue weighted by molar-refractivity contribution is 7.89. The minimum absolute atomic E-state index is 0.0000231. The van der Waals surface area contributed by atoms with Crippen LogP contribution in [0.25, 0.3) is 0 Å². The first kappa shape index (κ1) is 20.8. The van der Waals surface area contributed by atoms with E-state index >= 15 is 0 Å². The van der Waals surface area contributed by atoms with Crippen LogP contribution in [0, 0.1) is 6.92 Å². The number of nitrogens with one attached hydrogen (secondary N) is 2. The first-order valence-electron chi connectivity index (χ1n) is 8.89. The van der Waals surface area contributed by atoms with E-state index in [0.717, 1.165) is 10.4 Å². The Bertz CT molecular complexity index is 1080. The van der Waals surface area contributed by atoms with Crippen molar-refractivity contribution in [2.45, 2.75) is 30.7 Å². The quantitative estimate of drug-likeness (QED) is 0.707. The third-order valence-electron chi connectivity index (χ3n) is 4.58. The van der Waals surface area contributed by atoms with Crippen molar-refractivity contribution in [3.8, 4) is 11.5 Å². The molecular weight excluding hydrogens is 400 g/mol. The molecule has 1 amide bonds. The van der Waals surface area contributed by atoms with Gasteiger partial charge in [0.25, 0.3) is 5.56 Å². The molecule has 0 saturated carbocycles. The van der Waals surface area contributed by atoms with Crippen molar-refractivity contribution < 1.29 is 22.7 Å². The largest absolute Gasteiger partial charge is 0.493 e. The van der Waals surface area contributed by atoms with Gasteiger partial charge in [-0.1, -0.05) is 0 Å². The summed E-state index contributed by atoms with van der Waals surface area (Å²) < 4.78 is 37.8. The van der Waals surface area contributed by atoms with Gasteiger partial charge in [-0.05, 0) is 31.9 Å². The van der Waals surface area contributed by atoms with Gasteiger partial charge >= 0.3 is 0 Å². The monoisotopic (exact) mass is 422 g/mol. The van der Waals surface area contributed by atoms with E-state index in [0.29, 0.717) is 24.4 Å². The van der Waals surface area contributed by atoms with E-state index in [4.69, 9.17) is 9.47 Å². The summed E-state index contributed by atoms with van der Waals surface area (Å²) in [6.07, 6.45) is 0.896. The Balaban J connectivity index is 1.87. The Morgan fingerprint density at radius 2 is 1.97 bits per heavy atom. The van der Waals surface area contributed by atoms with E-state index < -0.39 is 27.5 Å². The fourth-order valence-corrected chi connectivity index (χ4v) is 4.93. The van der Waals surface area contributed by atoms with Gasteiger partial charge in [0.2, 0.25) is 15.9 Å². The van der Waals surface area contributed by atoms with Gasteiger partial charge in [0.05, 0.1) is 19.1 Å². The van der Waals surface area contributed by atoms with Crippen molar-refractivity contribution in [1.82, 2.24) is 14.3 Å².